The first-order chi connectivity index (χ1) is 7.52. The lowest BCUT2D eigenvalue weighted by atomic mass is 10.1. The Morgan fingerprint density at radius 3 is 2.62 bits per heavy atom. The Bertz CT molecular complexity index is 445. The lowest BCUT2D eigenvalue weighted by Crippen LogP contribution is -2.11. The summed E-state index contributed by atoms with van der Waals surface area (Å²) < 4.78 is 4.51. The van der Waals surface area contributed by atoms with Crippen molar-refractivity contribution in [3.8, 4) is 0 Å². The zero-order chi connectivity index (χ0) is 12.3. The Kier molecular flexibility index (Phi) is 3.29. The number of nitrogens with two attached hydrogens (primary N) is 1. The lowest BCUT2D eigenvalue weighted by molar-refractivity contribution is -0.383. The smallest absolute Gasteiger partial charge is 0.342 e. The monoisotopic (exact) mass is 225 g/mol. The molecule has 0 saturated carbocycles. The van der Waals surface area contributed by atoms with Crippen LogP contribution in [0.3, 0.4) is 0 Å². The number of nitro groups is 1. The predicted octanol–water partition coefficient (Wildman–Crippen LogP) is 1.01. The minimum Gasteiger partial charge on any atom is -0.465 e. The summed E-state index contributed by atoms with van der Waals surface area (Å²) in [5.74, 6) is -0.717. The molecule has 0 aliphatic heterocycles. The van der Waals surface area contributed by atoms with Crippen LogP contribution in [0.25, 0.3) is 0 Å². The molecule has 0 fully saturated rings. The molecular formula is C9H11N3O4. The summed E-state index contributed by atoms with van der Waals surface area (Å²) in [6.07, 6.45) is 0. The maximum atomic E-state index is 11.4. The Morgan fingerprint density at radius 1 is 1.56 bits per heavy atom. The van der Waals surface area contributed by atoms with Crippen molar-refractivity contribution in [3.05, 3.63) is 27.8 Å². The molecule has 0 aliphatic carbocycles. The molecular weight excluding hydrogens is 214 g/mol. The van der Waals surface area contributed by atoms with Crippen molar-refractivity contribution >= 4 is 23.0 Å². The molecule has 0 aromatic heterocycles. The van der Waals surface area contributed by atoms with Gasteiger partial charge in [-0.05, 0) is 6.07 Å². The highest BCUT2D eigenvalue weighted by atomic mass is 16.6. The summed E-state index contributed by atoms with van der Waals surface area (Å²) in [4.78, 5) is 21.4. The van der Waals surface area contributed by atoms with E-state index in [2.05, 4.69) is 10.1 Å². The number of anilines is 2. The molecule has 0 radical (unpaired) electrons. The molecule has 1 aromatic carbocycles. The average Bonchev–Trinajstić information content (AvgIpc) is 2.26. The number of benzene rings is 1. The van der Waals surface area contributed by atoms with Crippen molar-refractivity contribution in [2.24, 2.45) is 0 Å². The molecule has 0 heterocycles. The van der Waals surface area contributed by atoms with Gasteiger partial charge in [-0.2, -0.15) is 0 Å². The van der Waals surface area contributed by atoms with Gasteiger partial charge in [-0.15, -0.1) is 0 Å². The fraction of sp³-hybridized carbons (Fsp3) is 0.222. The molecule has 0 atom stereocenters. The van der Waals surface area contributed by atoms with Crippen LogP contribution in [0.5, 0.6) is 0 Å². The molecule has 86 valence electrons. The van der Waals surface area contributed by atoms with Gasteiger partial charge in [-0.1, -0.05) is 0 Å². The molecule has 1 aromatic rings. The van der Waals surface area contributed by atoms with Crippen LogP contribution in [0.2, 0.25) is 0 Å². The second-order valence-electron chi connectivity index (χ2n) is 2.92. The van der Waals surface area contributed by atoms with E-state index in [1.54, 1.807) is 7.05 Å². The van der Waals surface area contributed by atoms with Crippen LogP contribution >= 0.6 is 0 Å². The fourth-order valence-corrected chi connectivity index (χ4v) is 1.30. The van der Waals surface area contributed by atoms with E-state index < -0.39 is 10.9 Å². The molecule has 1 rings (SSSR count). The second kappa shape index (κ2) is 4.47. The largest absolute Gasteiger partial charge is 0.465 e. The van der Waals surface area contributed by atoms with Crippen LogP contribution in [-0.2, 0) is 4.74 Å². The zero-order valence-electron chi connectivity index (χ0n) is 8.81. The first-order valence-corrected chi connectivity index (χ1v) is 4.35. The van der Waals surface area contributed by atoms with Gasteiger partial charge in [0.25, 0.3) is 5.69 Å². The Balaban J connectivity index is 3.46. The highest BCUT2D eigenvalue weighted by molar-refractivity contribution is 6.03. The third-order valence-electron chi connectivity index (χ3n) is 2.08. The molecule has 0 amide bonds. The van der Waals surface area contributed by atoms with E-state index >= 15 is 0 Å². The minimum absolute atomic E-state index is 0.0285. The van der Waals surface area contributed by atoms with Crippen LogP contribution in [0.4, 0.5) is 17.1 Å². The van der Waals surface area contributed by atoms with Crippen LogP contribution < -0.4 is 11.1 Å². The number of methoxy groups -OCH3 is 1. The highest BCUT2D eigenvalue weighted by Gasteiger charge is 2.23. The average molecular weight is 225 g/mol. The van der Waals surface area contributed by atoms with Gasteiger partial charge in [-0.25, -0.2) is 4.79 Å². The first-order valence-electron chi connectivity index (χ1n) is 4.35. The summed E-state index contributed by atoms with van der Waals surface area (Å²) in [7, 11) is 2.76. The number of ether oxygens (including phenoxy) is 1. The van der Waals surface area contributed by atoms with Gasteiger partial charge >= 0.3 is 5.97 Å². The van der Waals surface area contributed by atoms with Crippen molar-refractivity contribution in [1.29, 1.82) is 0 Å². The van der Waals surface area contributed by atoms with Crippen molar-refractivity contribution < 1.29 is 14.5 Å². The quantitative estimate of drug-likeness (QED) is 0.344. The standard InChI is InChI=1S/C9H11N3O4/c1-11-5-3-4-6(12(14)15)8(10)7(5)9(13)16-2/h3-4,11H,10H2,1-2H3. The van der Waals surface area contributed by atoms with Gasteiger partial charge in [0, 0.05) is 13.1 Å². The number of rotatable bonds is 3. The number of esters is 1. The van der Waals surface area contributed by atoms with Crippen LogP contribution in [-0.4, -0.2) is 25.1 Å². The van der Waals surface area contributed by atoms with E-state index in [9.17, 15) is 14.9 Å². The highest BCUT2D eigenvalue weighted by Crippen LogP contribution is 2.31. The molecule has 7 heteroatoms. The predicted molar refractivity (Wildman–Crippen MR) is 58.4 cm³/mol. The van der Waals surface area contributed by atoms with E-state index in [4.69, 9.17) is 5.73 Å². The molecule has 7 nitrogen and oxygen atoms in total. The van der Waals surface area contributed by atoms with E-state index in [-0.39, 0.29) is 16.9 Å². The zero-order valence-corrected chi connectivity index (χ0v) is 8.81. The lowest BCUT2D eigenvalue weighted by Gasteiger charge is -2.09. The summed E-state index contributed by atoms with van der Waals surface area (Å²) >= 11 is 0. The number of nitrogens with one attached hydrogen (secondary N) is 1. The first kappa shape index (κ1) is 11.8. The molecule has 3 N–H and O–H groups in total. The van der Waals surface area contributed by atoms with Crippen molar-refractivity contribution in [1.82, 2.24) is 0 Å². The van der Waals surface area contributed by atoms with Crippen LogP contribution in [0.1, 0.15) is 10.4 Å². The van der Waals surface area contributed by atoms with E-state index in [1.165, 1.54) is 19.2 Å². The number of nitrogens with zero attached hydrogens (tertiary/aromatic N) is 1. The summed E-state index contributed by atoms with van der Waals surface area (Å²) in [5, 5.41) is 13.4. The summed E-state index contributed by atoms with van der Waals surface area (Å²) in [6, 6.07) is 2.63. The summed E-state index contributed by atoms with van der Waals surface area (Å²) in [5.41, 5.74) is 5.39. The van der Waals surface area contributed by atoms with Gasteiger partial charge in [-0.3, -0.25) is 10.1 Å². The van der Waals surface area contributed by atoms with E-state index in [1.807, 2.05) is 0 Å². The van der Waals surface area contributed by atoms with E-state index in [0.29, 0.717) is 5.69 Å². The number of carbonyl (C=O) groups excluding carboxylic acids is 1. The maximum Gasteiger partial charge on any atom is 0.342 e. The fourth-order valence-electron chi connectivity index (χ4n) is 1.30. The van der Waals surface area contributed by atoms with Crippen LogP contribution in [0, 0.1) is 10.1 Å². The van der Waals surface area contributed by atoms with Gasteiger partial charge in [0.1, 0.15) is 11.3 Å². The van der Waals surface area contributed by atoms with Gasteiger partial charge < -0.3 is 15.8 Å². The maximum absolute atomic E-state index is 11.4. The van der Waals surface area contributed by atoms with Gasteiger partial charge in [0.15, 0.2) is 0 Å². The normalized spacial score (nSPS) is 9.62. The number of carbonyl (C=O) groups is 1. The van der Waals surface area contributed by atoms with E-state index in [0.717, 1.165) is 0 Å². The van der Waals surface area contributed by atoms with Crippen molar-refractivity contribution in [2.45, 2.75) is 0 Å². The SMILES string of the molecule is CNc1ccc([N+](=O)[O-])c(N)c1C(=O)OC. The molecule has 16 heavy (non-hydrogen) atoms. The molecule has 0 bridgehead atoms. The third kappa shape index (κ3) is 1.88. The third-order valence-corrected chi connectivity index (χ3v) is 2.08. The molecule has 0 saturated heterocycles. The van der Waals surface area contributed by atoms with Crippen LogP contribution in [0.15, 0.2) is 12.1 Å². The molecule has 0 aliphatic rings. The number of nitrogen functional groups attached to an aromatic ring is 1. The molecule has 0 spiro atoms. The molecule has 0 unspecified atom stereocenters. The van der Waals surface area contributed by atoms with Gasteiger partial charge in [0.2, 0.25) is 0 Å². The Morgan fingerprint density at radius 2 is 2.19 bits per heavy atom. The minimum atomic E-state index is -0.717. The number of hydrogen-bond donors (Lipinski definition) is 2. The topological polar surface area (TPSA) is 107 Å². The Hall–Kier alpha value is -2.31. The summed E-state index contributed by atoms with van der Waals surface area (Å²) in [6.45, 7) is 0. The van der Waals surface area contributed by atoms with Crippen molar-refractivity contribution in [3.63, 3.8) is 0 Å². The number of nitro benzene ring substituents is 1. The number of hydrogen-bond acceptors (Lipinski definition) is 6. The Labute approximate surface area is 91.3 Å². The van der Waals surface area contributed by atoms with Crippen molar-refractivity contribution in [2.75, 3.05) is 25.2 Å². The van der Waals surface area contributed by atoms with Gasteiger partial charge in [0.05, 0.1) is 17.7 Å². The second-order valence-corrected chi connectivity index (χ2v) is 2.92.